The molecule has 0 saturated heterocycles. The molecule has 0 aliphatic heterocycles. The predicted octanol–water partition coefficient (Wildman–Crippen LogP) is 1.15. The van der Waals surface area contributed by atoms with Crippen molar-refractivity contribution in [2.24, 2.45) is 0 Å². The molecule has 0 atom stereocenters. The van der Waals surface area contributed by atoms with Gasteiger partial charge in [-0.05, 0) is 45.7 Å². The fourth-order valence-corrected chi connectivity index (χ4v) is 3.05. The largest absolute Gasteiger partial charge is 0.444 e. The second-order valence-electron chi connectivity index (χ2n) is 6.39. The summed E-state index contributed by atoms with van der Waals surface area (Å²) in [6.45, 7) is 6.01. The third-order valence-corrected chi connectivity index (χ3v) is 4.62. The van der Waals surface area contributed by atoms with Gasteiger partial charge < -0.3 is 10.1 Å². The van der Waals surface area contributed by atoms with Gasteiger partial charge in [-0.15, -0.1) is 0 Å². The van der Waals surface area contributed by atoms with Crippen molar-refractivity contribution in [1.29, 1.82) is 0 Å². The molecule has 0 aliphatic carbocycles. The molecule has 140 valence electrons. The Balaban J connectivity index is 2.33. The number of unbranched alkanes of at least 4 members (excludes halogenated alkanes) is 1. The van der Waals surface area contributed by atoms with Crippen LogP contribution in [0.2, 0.25) is 0 Å². The van der Waals surface area contributed by atoms with E-state index in [-0.39, 0.29) is 10.6 Å². The van der Waals surface area contributed by atoms with Gasteiger partial charge in [0.2, 0.25) is 0 Å². The molecule has 1 amide bonds. The third-order valence-electron chi connectivity index (χ3n) is 3.01. The van der Waals surface area contributed by atoms with Crippen molar-refractivity contribution >= 4 is 21.8 Å². The lowest BCUT2D eigenvalue weighted by atomic mass is 10.2. The maximum absolute atomic E-state index is 12.1. The number of ether oxygens (including phenoxy) is 1. The fourth-order valence-electron chi connectivity index (χ4n) is 1.87. The molecule has 9 nitrogen and oxygen atoms in total. The Bertz CT molecular complexity index is 695. The zero-order valence-electron chi connectivity index (χ0n) is 14.5. The summed E-state index contributed by atoms with van der Waals surface area (Å²) in [6.07, 6.45) is 0.669. The van der Waals surface area contributed by atoms with Crippen LogP contribution in [-0.2, 0) is 14.8 Å². The number of sulfonamides is 1. The highest BCUT2D eigenvalue weighted by Crippen LogP contribution is 2.14. The number of carbonyl (C=O) groups excluding carboxylic acids is 1. The van der Waals surface area contributed by atoms with E-state index in [1.807, 2.05) is 0 Å². The highest BCUT2D eigenvalue weighted by molar-refractivity contribution is 7.84. The van der Waals surface area contributed by atoms with Gasteiger partial charge in [0.25, 0.3) is 5.69 Å². The van der Waals surface area contributed by atoms with Crippen LogP contribution in [0.5, 0.6) is 0 Å². The Kier molecular flexibility index (Phi) is 7.31. The molecule has 0 fully saturated rings. The molecule has 10 heteroatoms. The average molecular weight is 374 g/mol. The highest BCUT2D eigenvalue weighted by Gasteiger charge is 2.19. The van der Waals surface area contributed by atoms with Gasteiger partial charge in [0, 0.05) is 18.7 Å². The van der Waals surface area contributed by atoms with Gasteiger partial charge in [-0.1, -0.05) is 0 Å². The van der Waals surface area contributed by atoms with Crippen LogP contribution in [0.25, 0.3) is 0 Å². The van der Waals surface area contributed by atoms with Gasteiger partial charge in [0.1, 0.15) is 10.5 Å². The van der Waals surface area contributed by atoms with Crippen molar-refractivity contribution in [2.45, 2.75) is 44.1 Å². The molecule has 25 heavy (non-hydrogen) atoms. The van der Waals surface area contributed by atoms with E-state index in [9.17, 15) is 23.3 Å². The van der Waals surface area contributed by atoms with Crippen LogP contribution in [-0.4, -0.2) is 38.1 Å². The van der Waals surface area contributed by atoms with Crippen LogP contribution >= 0.6 is 0 Å². The van der Waals surface area contributed by atoms with Gasteiger partial charge in [-0.2, -0.15) is 8.42 Å². The average Bonchev–Trinajstić information content (AvgIpc) is 2.49. The van der Waals surface area contributed by atoms with Crippen LogP contribution in [0.3, 0.4) is 0 Å². The Labute approximate surface area is 147 Å². The number of quaternary nitrogens is 1. The Hall–Kier alpha value is -2.20. The number of nitrogens with two attached hydrogens (primary N) is 1. The van der Waals surface area contributed by atoms with Crippen molar-refractivity contribution in [1.82, 2.24) is 5.32 Å². The molecule has 0 heterocycles. The summed E-state index contributed by atoms with van der Waals surface area (Å²) in [5, 5.41) is 13.2. The summed E-state index contributed by atoms with van der Waals surface area (Å²) >= 11 is 0. The minimum atomic E-state index is -3.59. The Morgan fingerprint density at radius 2 is 1.84 bits per heavy atom. The second-order valence-corrected chi connectivity index (χ2v) is 8.28. The Morgan fingerprint density at radius 3 is 2.36 bits per heavy atom. The number of rotatable bonds is 8. The molecule has 0 saturated carbocycles. The van der Waals surface area contributed by atoms with E-state index < -0.39 is 26.6 Å². The molecular weight excluding hydrogens is 350 g/mol. The smallest absolute Gasteiger partial charge is 0.407 e. The van der Waals surface area contributed by atoms with E-state index in [1.54, 1.807) is 20.8 Å². The Morgan fingerprint density at radius 1 is 1.24 bits per heavy atom. The molecule has 0 spiro atoms. The molecule has 1 rings (SSSR count). The number of hydrogen-bond acceptors (Lipinski definition) is 6. The summed E-state index contributed by atoms with van der Waals surface area (Å²) in [6, 6.07) is 4.75. The number of non-ortho nitro benzene ring substituents is 1. The number of nitrogens with zero attached hydrogens (tertiary/aromatic N) is 1. The van der Waals surface area contributed by atoms with Crippen molar-refractivity contribution in [2.75, 3.05) is 13.1 Å². The lowest BCUT2D eigenvalue weighted by Crippen LogP contribution is -2.87. The van der Waals surface area contributed by atoms with E-state index >= 15 is 0 Å². The quantitative estimate of drug-likeness (QED) is 0.398. The third kappa shape index (κ3) is 7.94. The van der Waals surface area contributed by atoms with Gasteiger partial charge in [0.05, 0.1) is 11.5 Å². The van der Waals surface area contributed by atoms with Crippen LogP contribution in [0.15, 0.2) is 29.2 Å². The number of nitro groups is 1. The van der Waals surface area contributed by atoms with E-state index in [4.69, 9.17) is 4.74 Å². The molecule has 0 bridgehead atoms. The maximum Gasteiger partial charge on any atom is 0.407 e. The fraction of sp³-hybridized carbons (Fsp3) is 0.533. The van der Waals surface area contributed by atoms with Gasteiger partial charge in [0.15, 0.2) is 0 Å². The molecule has 0 unspecified atom stereocenters. The zero-order valence-corrected chi connectivity index (χ0v) is 15.3. The summed E-state index contributed by atoms with van der Waals surface area (Å²) in [7, 11) is -3.59. The number of nitrogens with one attached hydrogen (secondary N) is 1. The highest BCUT2D eigenvalue weighted by atomic mass is 32.2. The molecule has 0 aromatic heterocycles. The molecular formula is C15H24N3O6S+. The minimum absolute atomic E-state index is 0.0185. The molecule has 0 radical (unpaired) electrons. The van der Waals surface area contributed by atoms with Crippen LogP contribution in [0.1, 0.15) is 33.6 Å². The van der Waals surface area contributed by atoms with E-state index in [0.29, 0.717) is 25.9 Å². The van der Waals surface area contributed by atoms with Crippen LogP contribution in [0.4, 0.5) is 10.5 Å². The number of carbonyl (C=O) groups is 1. The minimum Gasteiger partial charge on any atom is -0.444 e. The number of nitro benzene ring substituents is 1. The first-order valence-corrected chi connectivity index (χ1v) is 9.35. The number of hydrogen-bond donors (Lipinski definition) is 2. The molecule has 1 aromatic rings. The summed E-state index contributed by atoms with van der Waals surface area (Å²) in [5.74, 6) is 0. The van der Waals surface area contributed by atoms with Crippen LogP contribution < -0.4 is 10.0 Å². The van der Waals surface area contributed by atoms with Gasteiger partial charge in [-0.25, -0.2) is 9.52 Å². The zero-order chi connectivity index (χ0) is 19.1. The first kappa shape index (κ1) is 20.8. The lowest BCUT2D eigenvalue weighted by molar-refractivity contribution is -0.497. The number of amides is 1. The standard InChI is InChI=1S/C15H23N3O6S/c1-15(2,3)24-14(19)16-10-4-5-11-17-25(22,23)13-8-6-12(7-9-13)18(20)21/h6-9,17H,4-5,10-11H2,1-3H3,(H,16,19)/p+1. The molecule has 1 aromatic carbocycles. The summed E-state index contributed by atoms with van der Waals surface area (Å²) in [4.78, 5) is 21.4. The first-order valence-electron chi connectivity index (χ1n) is 7.81. The van der Waals surface area contributed by atoms with E-state index in [0.717, 1.165) is 12.1 Å². The normalized spacial score (nSPS) is 11.8. The maximum atomic E-state index is 12.1. The van der Waals surface area contributed by atoms with Crippen LogP contribution in [0, 0.1) is 10.1 Å². The monoisotopic (exact) mass is 374 g/mol. The van der Waals surface area contributed by atoms with Crippen molar-refractivity contribution in [3.63, 3.8) is 0 Å². The van der Waals surface area contributed by atoms with Gasteiger partial charge >= 0.3 is 16.1 Å². The van der Waals surface area contributed by atoms with Crippen molar-refractivity contribution in [3.05, 3.63) is 34.4 Å². The predicted molar refractivity (Wildman–Crippen MR) is 90.5 cm³/mol. The molecule has 3 N–H and O–H groups in total. The van der Waals surface area contributed by atoms with Gasteiger partial charge in [-0.3, -0.25) is 10.1 Å². The second kappa shape index (κ2) is 8.77. The van der Waals surface area contributed by atoms with E-state index in [2.05, 4.69) is 5.32 Å². The number of primary sulfonamides is 1. The van der Waals surface area contributed by atoms with Crippen molar-refractivity contribution < 1.29 is 27.6 Å². The number of alkyl carbamates (subject to hydrolysis) is 1. The number of benzene rings is 1. The first-order chi connectivity index (χ1) is 11.5. The summed E-state index contributed by atoms with van der Waals surface area (Å²) in [5.41, 5.74) is -0.719. The SMILES string of the molecule is CC(C)(C)OC(=O)NCCCC[NH2+]S(=O)(=O)c1ccc([N+](=O)[O-])cc1. The van der Waals surface area contributed by atoms with Crippen molar-refractivity contribution in [3.8, 4) is 0 Å². The molecule has 0 aliphatic rings. The summed E-state index contributed by atoms with van der Waals surface area (Å²) < 4.78 is 30.5. The topological polar surface area (TPSA) is 132 Å². The lowest BCUT2D eigenvalue weighted by Gasteiger charge is -2.19. The van der Waals surface area contributed by atoms with E-state index in [1.165, 1.54) is 16.9 Å².